The van der Waals surface area contributed by atoms with Crippen LogP contribution in [-0.2, 0) is 19.2 Å². The Morgan fingerprint density at radius 3 is 2.35 bits per heavy atom. The Bertz CT molecular complexity index is 1400. The van der Waals surface area contributed by atoms with Gasteiger partial charge in [-0.2, -0.15) is 0 Å². The number of aromatic hydroxyl groups is 1. The highest BCUT2D eigenvalue weighted by Crippen LogP contribution is 2.65. The first-order chi connectivity index (χ1) is 17.6. The van der Waals surface area contributed by atoms with Crippen molar-refractivity contribution in [3.63, 3.8) is 0 Å². The molecule has 6 atom stereocenters. The second-order valence-corrected chi connectivity index (χ2v) is 11.7. The Balaban J connectivity index is 1.53. The van der Waals surface area contributed by atoms with Crippen molar-refractivity contribution >= 4 is 68.4 Å². The molecule has 2 aromatic rings. The molecule has 4 aliphatic rings. The summed E-state index contributed by atoms with van der Waals surface area (Å²) in [7, 11) is 0. The van der Waals surface area contributed by atoms with E-state index in [9.17, 15) is 24.3 Å². The number of halogens is 3. The van der Waals surface area contributed by atoms with Crippen LogP contribution >= 0.6 is 39.1 Å². The molecular weight excluding hydrogens is 583 g/mol. The first kappa shape index (κ1) is 24.6. The van der Waals surface area contributed by atoms with Gasteiger partial charge in [0, 0.05) is 5.92 Å². The molecule has 2 saturated heterocycles. The smallest absolute Gasteiger partial charge is 0.254 e. The van der Waals surface area contributed by atoms with Crippen molar-refractivity contribution in [3.05, 3.63) is 71.8 Å². The van der Waals surface area contributed by atoms with Gasteiger partial charge in [-0.3, -0.25) is 29.0 Å². The van der Waals surface area contributed by atoms with Gasteiger partial charge in [0.05, 0.1) is 23.0 Å². The summed E-state index contributed by atoms with van der Waals surface area (Å²) in [6, 6.07) is 15.1. The van der Waals surface area contributed by atoms with Crippen LogP contribution in [0.4, 0.5) is 5.69 Å². The van der Waals surface area contributed by atoms with E-state index >= 15 is 0 Å². The maximum atomic E-state index is 13.8. The zero-order chi connectivity index (χ0) is 26.3. The summed E-state index contributed by atoms with van der Waals surface area (Å²) in [4.78, 5) is 53.0. The minimum absolute atomic E-state index is 0.0363. The van der Waals surface area contributed by atoms with E-state index < -0.39 is 45.2 Å². The van der Waals surface area contributed by atoms with Crippen LogP contribution in [0.25, 0.3) is 0 Å². The van der Waals surface area contributed by atoms with Crippen molar-refractivity contribution < 1.29 is 24.3 Å². The van der Waals surface area contributed by atoms with Crippen LogP contribution in [0.5, 0.6) is 5.75 Å². The molecule has 190 valence electrons. The summed E-state index contributed by atoms with van der Waals surface area (Å²) in [6.07, 6.45) is 2.08. The first-order valence-corrected chi connectivity index (χ1v) is 13.7. The maximum absolute atomic E-state index is 13.8. The van der Waals surface area contributed by atoms with Gasteiger partial charge in [-0.1, -0.05) is 57.9 Å². The van der Waals surface area contributed by atoms with Crippen LogP contribution < -0.4 is 4.90 Å². The van der Waals surface area contributed by atoms with E-state index in [0.717, 1.165) is 4.90 Å². The third-order valence-corrected chi connectivity index (χ3v) is 10.1. The number of anilines is 1. The fourth-order valence-electron chi connectivity index (χ4n) is 6.66. The SMILES string of the molecule is O=C1[C@H]2[C@H](CC=C3[C@H]2C[C@@]2(Cl)C(=O)N(CBr)C(=O)[C@@]2(Cl)[C@H]3c2cccc(O)c2)C(=O)N1c1ccccc1. The normalized spacial score (nSPS) is 34.8. The lowest BCUT2D eigenvalue weighted by Gasteiger charge is -2.50. The molecule has 0 radical (unpaired) electrons. The predicted octanol–water partition coefficient (Wildman–Crippen LogP) is 4.31. The van der Waals surface area contributed by atoms with Crippen molar-refractivity contribution in [1.82, 2.24) is 4.90 Å². The first-order valence-electron chi connectivity index (χ1n) is 11.9. The number of hydrogen-bond donors (Lipinski definition) is 1. The van der Waals surface area contributed by atoms with Gasteiger partial charge in [0.1, 0.15) is 5.75 Å². The van der Waals surface area contributed by atoms with Gasteiger partial charge in [-0.15, -0.1) is 23.2 Å². The molecule has 2 aliphatic carbocycles. The summed E-state index contributed by atoms with van der Waals surface area (Å²) in [5.41, 5.74) is 1.59. The molecule has 37 heavy (non-hydrogen) atoms. The molecule has 2 aromatic carbocycles. The third-order valence-electron chi connectivity index (χ3n) is 8.23. The number of phenolic OH excluding ortho intramolecular Hbond substituents is 1. The number of fused-ring (bicyclic) bond motifs is 4. The number of para-hydroxylation sites is 1. The highest BCUT2D eigenvalue weighted by molar-refractivity contribution is 9.09. The van der Waals surface area contributed by atoms with Crippen LogP contribution in [0.15, 0.2) is 66.2 Å². The number of likely N-dealkylation sites (tertiary alicyclic amines) is 1. The molecule has 7 nitrogen and oxygen atoms in total. The van der Waals surface area contributed by atoms with E-state index in [1.807, 2.05) is 6.08 Å². The van der Waals surface area contributed by atoms with Gasteiger partial charge in [-0.05, 0) is 48.6 Å². The number of phenols is 1. The average molecular weight is 604 g/mol. The fraction of sp³-hybridized carbons (Fsp3) is 0.333. The third kappa shape index (κ3) is 3.12. The number of carbonyl (C=O) groups is 4. The molecule has 0 unspecified atom stereocenters. The number of carbonyl (C=O) groups excluding carboxylic acids is 4. The van der Waals surface area contributed by atoms with Gasteiger partial charge >= 0.3 is 0 Å². The molecule has 6 rings (SSSR count). The maximum Gasteiger partial charge on any atom is 0.254 e. The van der Waals surface area contributed by atoms with Gasteiger partial charge in [0.2, 0.25) is 11.8 Å². The summed E-state index contributed by atoms with van der Waals surface area (Å²) in [5, 5.41) is 10.3. The standard InChI is InChI=1S/C27H21BrCl2N2O5/c28-13-31-24(36)26(29)12-19-17(21(27(26,30)25(31)37)14-5-4-8-16(33)11-14)9-10-18-20(19)23(35)32(22(18)34)15-6-2-1-3-7-15/h1-9,11,18-21,33H,10,12-13H2/t18-,19+,20-,21-,26+,27-/m0/s1. The highest BCUT2D eigenvalue weighted by atomic mass is 79.9. The Labute approximate surface area is 231 Å². The second-order valence-electron chi connectivity index (χ2n) is 9.93. The van der Waals surface area contributed by atoms with Crippen molar-refractivity contribution in [3.8, 4) is 5.75 Å². The molecule has 10 heteroatoms. The lowest BCUT2D eigenvalue weighted by Crippen LogP contribution is -2.60. The van der Waals surface area contributed by atoms with Gasteiger partial charge in [-0.25, -0.2) is 0 Å². The summed E-state index contributed by atoms with van der Waals surface area (Å²) < 4.78 is 0. The minimum Gasteiger partial charge on any atom is -0.508 e. The quantitative estimate of drug-likeness (QED) is 0.244. The lowest BCUT2D eigenvalue weighted by molar-refractivity contribution is -0.138. The van der Waals surface area contributed by atoms with E-state index in [1.165, 1.54) is 17.0 Å². The van der Waals surface area contributed by atoms with Crippen LogP contribution in [0.1, 0.15) is 24.3 Å². The highest BCUT2D eigenvalue weighted by Gasteiger charge is 2.76. The number of benzene rings is 2. The molecule has 2 aliphatic heterocycles. The van der Waals surface area contributed by atoms with Crippen molar-refractivity contribution in [2.24, 2.45) is 17.8 Å². The molecule has 0 aromatic heterocycles. The Morgan fingerprint density at radius 2 is 1.68 bits per heavy atom. The second kappa shape index (κ2) is 8.41. The summed E-state index contributed by atoms with van der Waals surface area (Å²) in [6.45, 7) is 0. The number of allylic oxidation sites excluding steroid dienone is 2. The van der Waals surface area contributed by atoms with Crippen LogP contribution in [0.2, 0.25) is 0 Å². The van der Waals surface area contributed by atoms with E-state index in [-0.39, 0.29) is 35.9 Å². The zero-order valence-corrected chi connectivity index (χ0v) is 22.4. The molecule has 2 heterocycles. The number of alkyl halides is 3. The van der Waals surface area contributed by atoms with Crippen LogP contribution in [-0.4, -0.2) is 48.8 Å². The van der Waals surface area contributed by atoms with Crippen molar-refractivity contribution in [2.75, 3.05) is 10.4 Å². The number of amides is 4. The van der Waals surface area contributed by atoms with Crippen LogP contribution in [0.3, 0.4) is 0 Å². The predicted molar refractivity (Wildman–Crippen MR) is 140 cm³/mol. The molecule has 0 spiro atoms. The molecule has 4 amide bonds. The summed E-state index contributed by atoms with van der Waals surface area (Å²) >= 11 is 17.5. The molecule has 0 bridgehead atoms. The number of imide groups is 2. The minimum atomic E-state index is -1.88. The van der Waals surface area contributed by atoms with E-state index in [0.29, 0.717) is 16.8 Å². The Hall–Kier alpha value is -2.68. The van der Waals surface area contributed by atoms with Crippen LogP contribution in [0, 0.1) is 17.8 Å². The lowest BCUT2D eigenvalue weighted by atomic mass is 9.56. The zero-order valence-electron chi connectivity index (χ0n) is 19.3. The van der Waals surface area contributed by atoms with Gasteiger partial charge < -0.3 is 5.11 Å². The topological polar surface area (TPSA) is 95.0 Å². The largest absolute Gasteiger partial charge is 0.508 e. The van der Waals surface area contributed by atoms with E-state index in [1.54, 1.807) is 42.5 Å². The van der Waals surface area contributed by atoms with E-state index in [2.05, 4.69) is 15.9 Å². The number of hydrogen-bond acceptors (Lipinski definition) is 5. The van der Waals surface area contributed by atoms with Crippen molar-refractivity contribution in [2.45, 2.75) is 28.5 Å². The number of rotatable bonds is 3. The average Bonchev–Trinajstić information content (AvgIpc) is 3.22. The van der Waals surface area contributed by atoms with Crippen molar-refractivity contribution in [1.29, 1.82) is 0 Å². The monoisotopic (exact) mass is 602 g/mol. The Morgan fingerprint density at radius 1 is 0.946 bits per heavy atom. The summed E-state index contributed by atoms with van der Waals surface area (Å²) in [5.74, 6) is -4.85. The molecule has 3 fully saturated rings. The molecule has 1 saturated carbocycles. The Kier molecular flexibility index (Phi) is 5.60. The van der Waals surface area contributed by atoms with Gasteiger partial charge in [0.25, 0.3) is 11.8 Å². The number of nitrogens with zero attached hydrogens (tertiary/aromatic N) is 2. The fourth-order valence-corrected chi connectivity index (χ4v) is 8.09. The van der Waals surface area contributed by atoms with Gasteiger partial charge in [0.15, 0.2) is 9.75 Å². The molecule has 1 N–H and O–H groups in total. The molecular formula is C27H21BrCl2N2O5. The van der Waals surface area contributed by atoms with E-state index in [4.69, 9.17) is 23.2 Å².